The van der Waals surface area contributed by atoms with Crippen LogP contribution in [0.2, 0.25) is 0 Å². The Labute approximate surface area is 286 Å². The molecule has 0 unspecified atom stereocenters. The Kier molecular flexibility index (Phi) is 8.89. The van der Waals surface area contributed by atoms with Crippen molar-refractivity contribution in [3.8, 4) is 44.5 Å². The number of carbonyl (C=O) groups excluding carboxylic acids is 1. The van der Waals surface area contributed by atoms with Gasteiger partial charge in [0.25, 0.3) is 0 Å². The number of aromatic nitrogens is 5. The number of hydrogen-bond donors (Lipinski definition) is 2. The molecular formula is C37H34FN7O3S. The zero-order valence-electron chi connectivity index (χ0n) is 27.1. The van der Waals surface area contributed by atoms with E-state index in [1.807, 2.05) is 49.0 Å². The van der Waals surface area contributed by atoms with E-state index >= 15 is 4.39 Å². The minimum atomic E-state index is -0.571. The van der Waals surface area contributed by atoms with Crippen LogP contribution in [0.4, 0.5) is 10.2 Å². The van der Waals surface area contributed by atoms with Crippen LogP contribution in [0, 0.1) is 19.7 Å². The number of nitrogens with one attached hydrogen (secondary N) is 1. The van der Waals surface area contributed by atoms with Gasteiger partial charge in [-0.25, -0.2) is 19.3 Å². The maximum absolute atomic E-state index is 15.8. The van der Waals surface area contributed by atoms with E-state index in [1.165, 1.54) is 12.1 Å². The van der Waals surface area contributed by atoms with E-state index in [0.29, 0.717) is 36.8 Å². The topological polar surface area (TPSA) is 130 Å². The van der Waals surface area contributed by atoms with Crippen molar-refractivity contribution in [3.63, 3.8) is 0 Å². The number of nitrogen functional groups attached to an aromatic ring is 1. The van der Waals surface area contributed by atoms with Gasteiger partial charge in [0.05, 0.1) is 12.2 Å². The van der Waals surface area contributed by atoms with E-state index in [2.05, 4.69) is 33.0 Å². The molecule has 0 atom stereocenters. The highest BCUT2D eigenvalue weighted by Crippen LogP contribution is 2.50. The largest absolute Gasteiger partial charge is 0.421 e. The second kappa shape index (κ2) is 13.6. The Balaban J connectivity index is 1.36. The van der Waals surface area contributed by atoms with Gasteiger partial charge < -0.3 is 20.5 Å². The van der Waals surface area contributed by atoms with Crippen molar-refractivity contribution < 1.29 is 18.7 Å². The quantitative estimate of drug-likeness (QED) is 0.150. The number of anilines is 1. The second-order valence-electron chi connectivity index (χ2n) is 11.9. The van der Waals surface area contributed by atoms with Gasteiger partial charge in [-0.2, -0.15) is 5.10 Å². The van der Waals surface area contributed by atoms with Crippen LogP contribution in [0.5, 0.6) is 11.8 Å². The number of carbonyl (C=O) groups is 1. The fraction of sp³-hybridized carbons (Fsp3) is 0.216. The number of thiophene rings is 1. The van der Waals surface area contributed by atoms with Crippen LogP contribution >= 0.6 is 11.3 Å². The standard InChI is InChI=1S/C37H34FN7O3S/c1-4-31(46)41-17-23-5-7-27(21(2)15-23)34-32(24-6-8-30(29(38)16-24)48-37-40-12-9-22(3)44-37)33-35(49-34)28(19-42-36(33)39)25-18-43-45(20-25)26-10-13-47-14-11-26/h4-9,12,15-16,18-20,26H,1,10-11,13-14,17H2,2-3H3,(H2,39,42)(H,41,46). The summed E-state index contributed by atoms with van der Waals surface area (Å²) in [5, 5.41) is 8.27. The van der Waals surface area contributed by atoms with Crippen LogP contribution in [-0.4, -0.2) is 43.9 Å². The van der Waals surface area contributed by atoms with Gasteiger partial charge in [-0.1, -0.05) is 30.8 Å². The lowest BCUT2D eigenvalue weighted by atomic mass is 9.95. The first kappa shape index (κ1) is 32.1. The van der Waals surface area contributed by atoms with Crippen molar-refractivity contribution in [3.05, 3.63) is 103 Å². The van der Waals surface area contributed by atoms with E-state index < -0.39 is 5.82 Å². The number of pyridine rings is 1. The third kappa shape index (κ3) is 6.52. The predicted octanol–water partition coefficient (Wildman–Crippen LogP) is 7.57. The number of rotatable bonds is 9. The Bertz CT molecular complexity index is 2210. The van der Waals surface area contributed by atoms with Crippen LogP contribution in [0.25, 0.3) is 42.8 Å². The molecule has 6 aromatic rings. The van der Waals surface area contributed by atoms with Crippen LogP contribution < -0.4 is 15.8 Å². The van der Waals surface area contributed by atoms with Crippen molar-refractivity contribution in [2.45, 2.75) is 39.3 Å². The highest BCUT2D eigenvalue weighted by atomic mass is 32.1. The van der Waals surface area contributed by atoms with Gasteiger partial charge in [0.15, 0.2) is 11.6 Å². The number of aryl methyl sites for hydroxylation is 2. The van der Waals surface area contributed by atoms with Crippen molar-refractivity contribution in [2.24, 2.45) is 0 Å². The monoisotopic (exact) mass is 675 g/mol. The fourth-order valence-corrected chi connectivity index (χ4v) is 7.54. The second-order valence-corrected chi connectivity index (χ2v) is 12.9. The molecule has 0 spiro atoms. The number of fused-ring (bicyclic) bond motifs is 1. The Hall–Kier alpha value is -5.46. The summed E-state index contributed by atoms with van der Waals surface area (Å²) in [6.07, 6.45) is 10.3. The first-order valence-electron chi connectivity index (χ1n) is 15.9. The number of amides is 1. The average Bonchev–Trinajstić information content (AvgIpc) is 3.76. The summed E-state index contributed by atoms with van der Waals surface area (Å²) in [6.45, 7) is 9.13. The van der Waals surface area contributed by atoms with Gasteiger partial charge in [-0.3, -0.25) is 9.48 Å². The molecule has 0 radical (unpaired) electrons. The molecule has 49 heavy (non-hydrogen) atoms. The molecule has 1 aliphatic rings. The normalized spacial score (nSPS) is 13.4. The van der Waals surface area contributed by atoms with Gasteiger partial charge in [0.1, 0.15) is 5.82 Å². The van der Waals surface area contributed by atoms with Gasteiger partial charge in [0.2, 0.25) is 5.91 Å². The third-order valence-electron chi connectivity index (χ3n) is 8.60. The fourth-order valence-electron chi connectivity index (χ4n) is 6.08. The number of hydrogen-bond acceptors (Lipinski definition) is 9. The van der Waals surface area contributed by atoms with Crippen LogP contribution in [0.3, 0.4) is 0 Å². The maximum atomic E-state index is 15.8. The zero-order valence-corrected chi connectivity index (χ0v) is 27.9. The zero-order chi connectivity index (χ0) is 34.1. The van der Waals surface area contributed by atoms with Crippen LogP contribution in [0.15, 0.2) is 79.9 Å². The summed E-state index contributed by atoms with van der Waals surface area (Å²) in [4.78, 5) is 25.7. The van der Waals surface area contributed by atoms with E-state index in [9.17, 15) is 4.79 Å². The number of ether oxygens (including phenoxy) is 2. The van der Waals surface area contributed by atoms with E-state index in [4.69, 9.17) is 20.3 Å². The van der Waals surface area contributed by atoms with Crippen molar-refractivity contribution in [2.75, 3.05) is 18.9 Å². The molecule has 1 saturated heterocycles. The third-order valence-corrected chi connectivity index (χ3v) is 9.86. The number of halogens is 1. The van der Waals surface area contributed by atoms with E-state index in [0.717, 1.165) is 61.2 Å². The van der Waals surface area contributed by atoms with E-state index in [-0.39, 0.29) is 23.7 Å². The first-order chi connectivity index (χ1) is 23.8. The summed E-state index contributed by atoms with van der Waals surface area (Å²) < 4.78 is 30.0. The molecule has 3 N–H and O–H groups in total. The summed E-state index contributed by atoms with van der Waals surface area (Å²) in [7, 11) is 0. The van der Waals surface area contributed by atoms with Crippen molar-refractivity contribution in [1.82, 2.24) is 30.0 Å². The van der Waals surface area contributed by atoms with Gasteiger partial charge in [0, 0.05) is 75.7 Å². The SMILES string of the molecule is C=CC(=O)NCc1ccc(-c2sc3c(-c4cnn(C5CCOCC5)c4)cnc(N)c3c2-c2ccc(Oc3nccc(C)n3)c(F)c2)c(C)c1. The summed E-state index contributed by atoms with van der Waals surface area (Å²) in [6, 6.07) is 12.9. The van der Waals surface area contributed by atoms with E-state index in [1.54, 1.807) is 35.9 Å². The molecule has 0 bridgehead atoms. The lowest BCUT2D eigenvalue weighted by Gasteiger charge is -2.22. The molecule has 5 heterocycles. The molecule has 7 rings (SSSR count). The molecule has 10 nitrogen and oxygen atoms in total. The molecule has 1 fully saturated rings. The summed E-state index contributed by atoms with van der Waals surface area (Å²) in [5.74, 6) is -0.473. The highest BCUT2D eigenvalue weighted by molar-refractivity contribution is 7.23. The average molecular weight is 676 g/mol. The maximum Gasteiger partial charge on any atom is 0.322 e. The van der Waals surface area contributed by atoms with Gasteiger partial charge in [-0.05, 0) is 73.2 Å². The Morgan fingerprint density at radius 1 is 1.12 bits per heavy atom. The summed E-state index contributed by atoms with van der Waals surface area (Å²) in [5.41, 5.74) is 13.4. The Morgan fingerprint density at radius 3 is 2.71 bits per heavy atom. The molecule has 248 valence electrons. The van der Waals surface area contributed by atoms with Gasteiger partial charge in [-0.15, -0.1) is 11.3 Å². The molecule has 0 aliphatic carbocycles. The van der Waals surface area contributed by atoms with Crippen LogP contribution in [-0.2, 0) is 16.1 Å². The Morgan fingerprint density at radius 2 is 1.96 bits per heavy atom. The molecule has 1 aliphatic heterocycles. The minimum Gasteiger partial charge on any atom is -0.421 e. The van der Waals surface area contributed by atoms with Crippen molar-refractivity contribution in [1.29, 1.82) is 0 Å². The van der Waals surface area contributed by atoms with Crippen LogP contribution in [0.1, 0.15) is 35.7 Å². The molecule has 4 aromatic heterocycles. The number of benzene rings is 2. The highest BCUT2D eigenvalue weighted by Gasteiger charge is 2.25. The smallest absolute Gasteiger partial charge is 0.322 e. The lowest BCUT2D eigenvalue weighted by Crippen LogP contribution is -2.19. The summed E-state index contributed by atoms with van der Waals surface area (Å²) >= 11 is 1.57. The molecule has 2 aromatic carbocycles. The molecular weight excluding hydrogens is 642 g/mol. The number of nitrogens with zero attached hydrogens (tertiary/aromatic N) is 5. The van der Waals surface area contributed by atoms with Crippen molar-refractivity contribution >= 4 is 33.1 Å². The van der Waals surface area contributed by atoms with Gasteiger partial charge >= 0.3 is 6.01 Å². The molecule has 0 saturated carbocycles. The number of nitrogens with two attached hydrogens (primary N) is 1. The first-order valence-corrected chi connectivity index (χ1v) is 16.7. The predicted molar refractivity (Wildman–Crippen MR) is 189 cm³/mol. The lowest BCUT2D eigenvalue weighted by molar-refractivity contribution is -0.116. The molecule has 1 amide bonds. The molecule has 12 heteroatoms. The minimum absolute atomic E-state index is 0.00449.